The van der Waals surface area contributed by atoms with Gasteiger partial charge in [-0.2, -0.15) is 0 Å². The van der Waals surface area contributed by atoms with E-state index in [0.717, 1.165) is 17.8 Å². The Kier molecular flexibility index (Phi) is 5.00. The van der Waals surface area contributed by atoms with Crippen LogP contribution in [0.2, 0.25) is 0 Å². The van der Waals surface area contributed by atoms with Gasteiger partial charge < -0.3 is 9.15 Å². The Bertz CT molecular complexity index is 824. The number of nitrogens with zero attached hydrogens (tertiary/aromatic N) is 2. The maximum Gasteiger partial charge on any atom is 0.373 e. The third kappa shape index (κ3) is 3.68. The topological polar surface area (TPSA) is 81.0 Å². The predicted octanol–water partition coefficient (Wildman–Crippen LogP) is 3.71. The Morgan fingerprint density at radius 1 is 1.25 bits per heavy atom. The number of nitrogens with one attached hydrogen (secondary N) is 1. The van der Waals surface area contributed by atoms with Crippen LogP contribution in [0.4, 0.5) is 0 Å². The average molecular weight is 343 g/mol. The molecule has 1 N–H and O–H groups in total. The van der Waals surface area contributed by atoms with E-state index >= 15 is 0 Å². The summed E-state index contributed by atoms with van der Waals surface area (Å²) in [7, 11) is 1.32. The number of methoxy groups -OCH3 is 1. The highest BCUT2D eigenvalue weighted by molar-refractivity contribution is 7.98. The van der Waals surface area contributed by atoms with Crippen molar-refractivity contribution in [1.82, 2.24) is 15.2 Å². The third-order valence-corrected chi connectivity index (χ3v) is 4.36. The summed E-state index contributed by atoms with van der Waals surface area (Å²) in [4.78, 5) is 15.8. The van der Waals surface area contributed by atoms with Gasteiger partial charge in [0.25, 0.3) is 0 Å². The summed E-state index contributed by atoms with van der Waals surface area (Å²) in [5.74, 6) is 1.64. The van der Waals surface area contributed by atoms with Crippen molar-refractivity contribution in [2.24, 2.45) is 0 Å². The number of carbonyl (C=O) groups excluding carboxylic acids is 1. The lowest BCUT2D eigenvalue weighted by molar-refractivity contribution is 0.0563. The van der Waals surface area contributed by atoms with E-state index in [1.807, 2.05) is 12.1 Å². The molecule has 0 aliphatic heterocycles. The molecule has 24 heavy (non-hydrogen) atoms. The summed E-state index contributed by atoms with van der Waals surface area (Å²) in [6.07, 6.45) is 1.01. The molecule has 1 aromatic carbocycles. The lowest BCUT2D eigenvalue weighted by Crippen LogP contribution is -1.98. The molecule has 0 saturated heterocycles. The average Bonchev–Trinajstić information content (AvgIpc) is 3.29. The number of thioether (sulfide) groups is 1. The zero-order valence-corrected chi connectivity index (χ0v) is 14.2. The van der Waals surface area contributed by atoms with Gasteiger partial charge in [0.05, 0.1) is 12.9 Å². The van der Waals surface area contributed by atoms with E-state index in [0.29, 0.717) is 16.7 Å². The van der Waals surface area contributed by atoms with Crippen molar-refractivity contribution in [2.45, 2.75) is 24.3 Å². The summed E-state index contributed by atoms with van der Waals surface area (Å²) in [5.41, 5.74) is 2.28. The number of furan rings is 1. The molecule has 124 valence electrons. The number of aromatic amines is 1. The standard InChI is InChI=1S/C17H17N3O3S/c1-3-11-4-6-12(7-5-11)15-18-17(20-19-15)24-10-13-8-9-14(23-13)16(21)22-2/h4-9H,3,10H2,1-2H3,(H,18,19,20). The minimum absolute atomic E-state index is 0.194. The number of H-pyrrole nitrogens is 1. The second-order valence-corrected chi connectivity index (χ2v) is 6.01. The van der Waals surface area contributed by atoms with Gasteiger partial charge in [0.15, 0.2) is 5.82 Å². The zero-order chi connectivity index (χ0) is 16.9. The molecule has 0 spiro atoms. The molecule has 2 aromatic heterocycles. The van der Waals surface area contributed by atoms with E-state index in [1.54, 1.807) is 12.1 Å². The van der Waals surface area contributed by atoms with Gasteiger partial charge in [0.2, 0.25) is 10.9 Å². The first kappa shape index (κ1) is 16.3. The van der Waals surface area contributed by atoms with Crippen LogP contribution in [0.1, 0.15) is 28.8 Å². The number of hydrogen-bond acceptors (Lipinski definition) is 6. The van der Waals surface area contributed by atoms with Crippen LogP contribution in [0.25, 0.3) is 11.4 Å². The molecule has 0 fully saturated rings. The normalized spacial score (nSPS) is 10.8. The summed E-state index contributed by atoms with van der Waals surface area (Å²) >= 11 is 1.43. The Morgan fingerprint density at radius 3 is 2.75 bits per heavy atom. The van der Waals surface area contributed by atoms with Crippen molar-refractivity contribution >= 4 is 17.7 Å². The maximum atomic E-state index is 11.4. The summed E-state index contributed by atoms with van der Waals surface area (Å²) < 4.78 is 10.0. The fourth-order valence-electron chi connectivity index (χ4n) is 2.14. The van der Waals surface area contributed by atoms with Crippen LogP contribution in [-0.4, -0.2) is 28.3 Å². The summed E-state index contributed by atoms with van der Waals surface area (Å²) in [6, 6.07) is 11.6. The first-order valence-electron chi connectivity index (χ1n) is 7.51. The van der Waals surface area contributed by atoms with E-state index in [-0.39, 0.29) is 5.76 Å². The second kappa shape index (κ2) is 7.35. The van der Waals surface area contributed by atoms with Gasteiger partial charge in [-0.1, -0.05) is 43.0 Å². The number of esters is 1. The molecule has 0 saturated carbocycles. The van der Waals surface area contributed by atoms with E-state index in [2.05, 4.69) is 39.0 Å². The smallest absolute Gasteiger partial charge is 0.373 e. The van der Waals surface area contributed by atoms with E-state index in [1.165, 1.54) is 24.4 Å². The largest absolute Gasteiger partial charge is 0.463 e. The molecule has 0 aliphatic carbocycles. The van der Waals surface area contributed by atoms with Crippen LogP contribution in [-0.2, 0) is 16.9 Å². The van der Waals surface area contributed by atoms with Gasteiger partial charge in [-0.15, -0.1) is 5.10 Å². The molecule has 0 aliphatic rings. The van der Waals surface area contributed by atoms with Crippen molar-refractivity contribution in [2.75, 3.05) is 7.11 Å². The number of aryl methyl sites for hydroxylation is 1. The Balaban J connectivity index is 1.63. The van der Waals surface area contributed by atoms with Crippen molar-refractivity contribution in [3.63, 3.8) is 0 Å². The number of aromatic nitrogens is 3. The molecule has 0 amide bonds. The first-order valence-corrected chi connectivity index (χ1v) is 8.49. The zero-order valence-electron chi connectivity index (χ0n) is 13.4. The third-order valence-electron chi connectivity index (χ3n) is 3.49. The van der Waals surface area contributed by atoms with E-state index < -0.39 is 5.97 Å². The molecule has 0 unspecified atom stereocenters. The number of benzene rings is 1. The fourth-order valence-corrected chi connectivity index (χ4v) is 2.83. The number of carbonyl (C=O) groups is 1. The molecular weight excluding hydrogens is 326 g/mol. The Hall–Kier alpha value is -2.54. The lowest BCUT2D eigenvalue weighted by Gasteiger charge is -1.98. The molecule has 6 nitrogen and oxygen atoms in total. The van der Waals surface area contributed by atoms with Crippen LogP contribution in [0, 0.1) is 0 Å². The van der Waals surface area contributed by atoms with Crippen LogP contribution in [0.5, 0.6) is 0 Å². The van der Waals surface area contributed by atoms with Crippen LogP contribution >= 0.6 is 11.8 Å². The fraction of sp³-hybridized carbons (Fsp3) is 0.235. The van der Waals surface area contributed by atoms with Gasteiger partial charge in [-0.05, 0) is 24.1 Å². The molecule has 7 heteroatoms. The summed E-state index contributed by atoms with van der Waals surface area (Å²) in [6.45, 7) is 2.12. The molecule has 0 atom stereocenters. The minimum Gasteiger partial charge on any atom is -0.463 e. The van der Waals surface area contributed by atoms with Crippen LogP contribution in [0.3, 0.4) is 0 Å². The lowest BCUT2D eigenvalue weighted by atomic mass is 10.1. The molecule has 0 bridgehead atoms. The van der Waals surface area contributed by atoms with Crippen molar-refractivity contribution < 1.29 is 13.9 Å². The highest BCUT2D eigenvalue weighted by Gasteiger charge is 2.12. The number of hydrogen-bond donors (Lipinski definition) is 1. The Morgan fingerprint density at radius 2 is 2.04 bits per heavy atom. The monoisotopic (exact) mass is 343 g/mol. The van der Waals surface area contributed by atoms with Crippen LogP contribution < -0.4 is 0 Å². The maximum absolute atomic E-state index is 11.4. The highest BCUT2D eigenvalue weighted by Crippen LogP contribution is 2.23. The predicted molar refractivity (Wildman–Crippen MR) is 90.8 cm³/mol. The highest BCUT2D eigenvalue weighted by atomic mass is 32.2. The molecule has 3 aromatic rings. The van der Waals surface area contributed by atoms with Gasteiger partial charge in [-0.3, -0.25) is 5.10 Å². The number of ether oxygens (including phenoxy) is 1. The summed E-state index contributed by atoms with van der Waals surface area (Å²) in [5, 5.41) is 7.77. The van der Waals surface area contributed by atoms with Crippen LogP contribution in [0.15, 0.2) is 46.0 Å². The number of rotatable bonds is 6. The van der Waals surface area contributed by atoms with Gasteiger partial charge in [0, 0.05) is 5.56 Å². The van der Waals surface area contributed by atoms with Crippen molar-refractivity contribution in [3.8, 4) is 11.4 Å². The quantitative estimate of drug-likeness (QED) is 0.543. The van der Waals surface area contributed by atoms with Gasteiger partial charge in [-0.25, -0.2) is 9.78 Å². The van der Waals surface area contributed by atoms with Gasteiger partial charge in [0.1, 0.15) is 5.76 Å². The van der Waals surface area contributed by atoms with Gasteiger partial charge >= 0.3 is 5.97 Å². The molecule has 2 heterocycles. The van der Waals surface area contributed by atoms with E-state index in [9.17, 15) is 4.79 Å². The van der Waals surface area contributed by atoms with Crippen molar-refractivity contribution in [1.29, 1.82) is 0 Å². The molecule has 3 rings (SSSR count). The molecule has 0 radical (unpaired) electrons. The Labute approximate surface area is 143 Å². The van der Waals surface area contributed by atoms with E-state index in [4.69, 9.17) is 4.42 Å². The SMILES string of the molecule is CCc1ccc(-c2nc(SCc3ccc(C(=O)OC)o3)n[nH]2)cc1. The first-order chi connectivity index (χ1) is 11.7. The second-order valence-electron chi connectivity index (χ2n) is 5.06. The minimum atomic E-state index is -0.484. The molecular formula is C17H17N3O3S. The van der Waals surface area contributed by atoms with Crippen molar-refractivity contribution in [3.05, 3.63) is 53.5 Å².